The number of hydrogen-bond donors (Lipinski definition) is 2. The van der Waals surface area contributed by atoms with Crippen LogP contribution >= 0.6 is 0 Å². The molecule has 0 atom stereocenters. The summed E-state index contributed by atoms with van der Waals surface area (Å²) in [5, 5.41) is 6.26. The highest BCUT2D eigenvalue weighted by Gasteiger charge is 2.22. The molecule has 1 amide bonds. The zero-order chi connectivity index (χ0) is 16.8. The van der Waals surface area contributed by atoms with E-state index in [2.05, 4.69) is 48.2 Å². The summed E-state index contributed by atoms with van der Waals surface area (Å²) in [5.41, 5.74) is 0.388. The molecular weight excluding hydrogens is 292 g/mol. The van der Waals surface area contributed by atoms with Crippen molar-refractivity contribution in [2.45, 2.75) is 58.5 Å². The summed E-state index contributed by atoms with van der Waals surface area (Å²) in [5.74, 6) is 0.874. The number of aromatic nitrogens is 1. The van der Waals surface area contributed by atoms with Crippen molar-refractivity contribution in [2.75, 3.05) is 26.2 Å². The van der Waals surface area contributed by atoms with Crippen LogP contribution in [0.3, 0.4) is 0 Å². The first-order valence-electron chi connectivity index (χ1n) is 8.69. The van der Waals surface area contributed by atoms with Gasteiger partial charge in [-0.2, -0.15) is 0 Å². The molecule has 23 heavy (non-hydrogen) atoms. The maximum Gasteiger partial charge on any atom is 0.273 e. The van der Waals surface area contributed by atoms with E-state index >= 15 is 0 Å². The van der Waals surface area contributed by atoms with Gasteiger partial charge < -0.3 is 15.1 Å². The second-order valence-electron chi connectivity index (χ2n) is 6.78. The molecule has 6 heteroatoms. The molecule has 0 spiro atoms. The van der Waals surface area contributed by atoms with Crippen LogP contribution < -0.4 is 10.6 Å². The Morgan fingerprint density at radius 1 is 1.35 bits per heavy atom. The number of nitrogens with zero attached hydrogens (tertiary/aromatic N) is 2. The van der Waals surface area contributed by atoms with Gasteiger partial charge in [-0.05, 0) is 53.6 Å². The molecule has 0 bridgehead atoms. The molecule has 1 aliphatic rings. The predicted molar refractivity (Wildman–Crippen MR) is 90.7 cm³/mol. The van der Waals surface area contributed by atoms with E-state index in [1.54, 1.807) is 0 Å². The average molecular weight is 322 g/mol. The van der Waals surface area contributed by atoms with Crippen LogP contribution in [0, 0.1) is 0 Å². The van der Waals surface area contributed by atoms with Crippen LogP contribution in [0.5, 0.6) is 0 Å². The summed E-state index contributed by atoms with van der Waals surface area (Å²) in [7, 11) is 0. The molecule has 1 aliphatic heterocycles. The smallest absolute Gasteiger partial charge is 0.273 e. The molecule has 1 saturated heterocycles. The molecule has 2 heterocycles. The number of oxazole rings is 1. The fraction of sp³-hybridized carbons (Fsp3) is 0.765. The second kappa shape index (κ2) is 8.45. The van der Waals surface area contributed by atoms with Gasteiger partial charge in [0.05, 0.1) is 0 Å². The fourth-order valence-electron chi connectivity index (χ4n) is 3.15. The standard InChI is InChI=1S/C17H30N4O2/c1-12(2)21(13(3)4)10-9-19-16(22)15-11-23-17(20-15)14-5-7-18-8-6-14/h11-14,18H,5-10H2,1-4H3,(H,19,22). The summed E-state index contributed by atoms with van der Waals surface area (Å²) in [6, 6.07) is 0.927. The first-order chi connectivity index (χ1) is 11.0. The predicted octanol–water partition coefficient (Wildman–Crippen LogP) is 1.99. The highest BCUT2D eigenvalue weighted by molar-refractivity contribution is 5.91. The molecule has 0 radical (unpaired) electrons. The van der Waals surface area contributed by atoms with Gasteiger partial charge >= 0.3 is 0 Å². The number of carbonyl (C=O) groups excluding carboxylic acids is 1. The summed E-state index contributed by atoms with van der Waals surface area (Å²) in [6.45, 7) is 12.1. The van der Waals surface area contributed by atoms with E-state index < -0.39 is 0 Å². The number of rotatable bonds is 7. The summed E-state index contributed by atoms with van der Waals surface area (Å²) >= 11 is 0. The van der Waals surface area contributed by atoms with Crippen molar-refractivity contribution in [3.05, 3.63) is 17.8 Å². The normalized spacial score (nSPS) is 16.5. The Balaban J connectivity index is 1.83. The van der Waals surface area contributed by atoms with Gasteiger partial charge in [0.1, 0.15) is 6.26 Å². The zero-order valence-electron chi connectivity index (χ0n) is 14.8. The molecule has 1 fully saturated rings. The minimum atomic E-state index is -0.151. The molecule has 0 aromatic carbocycles. The molecule has 2 N–H and O–H groups in total. The van der Waals surface area contributed by atoms with Crippen LogP contribution in [0.2, 0.25) is 0 Å². The van der Waals surface area contributed by atoms with Gasteiger partial charge in [-0.1, -0.05) is 0 Å². The SMILES string of the molecule is CC(C)N(CCNC(=O)c1coc(C2CCNCC2)n1)C(C)C. The van der Waals surface area contributed by atoms with Crippen molar-refractivity contribution in [1.82, 2.24) is 20.5 Å². The van der Waals surface area contributed by atoms with Crippen LogP contribution in [0.4, 0.5) is 0 Å². The van der Waals surface area contributed by atoms with Gasteiger partial charge in [0, 0.05) is 31.1 Å². The molecule has 1 aromatic heterocycles. The lowest BCUT2D eigenvalue weighted by atomic mass is 9.98. The average Bonchev–Trinajstić information content (AvgIpc) is 3.01. The first kappa shape index (κ1) is 17.9. The first-order valence-corrected chi connectivity index (χ1v) is 8.69. The van der Waals surface area contributed by atoms with E-state index in [0.717, 1.165) is 32.5 Å². The molecular formula is C17H30N4O2. The van der Waals surface area contributed by atoms with Crippen molar-refractivity contribution in [3.63, 3.8) is 0 Å². The van der Waals surface area contributed by atoms with Gasteiger partial charge in [-0.15, -0.1) is 0 Å². The van der Waals surface area contributed by atoms with E-state index in [9.17, 15) is 4.79 Å². The van der Waals surface area contributed by atoms with Crippen LogP contribution in [-0.4, -0.2) is 54.1 Å². The second-order valence-corrected chi connectivity index (χ2v) is 6.78. The Labute approximate surface area is 139 Å². The lowest BCUT2D eigenvalue weighted by Gasteiger charge is -2.30. The van der Waals surface area contributed by atoms with Crippen LogP contribution in [-0.2, 0) is 0 Å². The molecule has 0 aliphatic carbocycles. The van der Waals surface area contributed by atoms with Crippen molar-refractivity contribution in [3.8, 4) is 0 Å². The van der Waals surface area contributed by atoms with E-state index in [-0.39, 0.29) is 5.91 Å². The minimum Gasteiger partial charge on any atom is -0.448 e. The molecule has 2 rings (SSSR count). The van der Waals surface area contributed by atoms with Crippen molar-refractivity contribution < 1.29 is 9.21 Å². The quantitative estimate of drug-likeness (QED) is 0.803. The summed E-state index contributed by atoms with van der Waals surface area (Å²) < 4.78 is 5.52. The Bertz CT molecular complexity index is 485. The van der Waals surface area contributed by atoms with E-state index in [0.29, 0.717) is 36.1 Å². The number of nitrogens with one attached hydrogen (secondary N) is 2. The highest BCUT2D eigenvalue weighted by atomic mass is 16.3. The third-order valence-electron chi connectivity index (χ3n) is 4.43. The lowest BCUT2D eigenvalue weighted by molar-refractivity contribution is 0.0934. The van der Waals surface area contributed by atoms with Crippen molar-refractivity contribution in [2.24, 2.45) is 0 Å². The van der Waals surface area contributed by atoms with Crippen LogP contribution in [0.1, 0.15) is 62.8 Å². The van der Waals surface area contributed by atoms with Gasteiger partial charge in [0.25, 0.3) is 5.91 Å². The Hall–Kier alpha value is -1.40. The van der Waals surface area contributed by atoms with Crippen LogP contribution in [0.25, 0.3) is 0 Å². The molecule has 0 unspecified atom stereocenters. The third kappa shape index (κ3) is 5.04. The number of hydrogen-bond acceptors (Lipinski definition) is 5. The maximum atomic E-state index is 12.2. The zero-order valence-corrected chi connectivity index (χ0v) is 14.8. The van der Waals surface area contributed by atoms with E-state index in [4.69, 9.17) is 4.42 Å². The van der Waals surface area contributed by atoms with Gasteiger partial charge in [0.2, 0.25) is 0 Å². The van der Waals surface area contributed by atoms with E-state index in [1.165, 1.54) is 6.26 Å². The van der Waals surface area contributed by atoms with Gasteiger partial charge in [0.15, 0.2) is 11.6 Å². The molecule has 130 valence electrons. The lowest BCUT2D eigenvalue weighted by Crippen LogP contribution is -2.42. The Morgan fingerprint density at radius 2 is 2.00 bits per heavy atom. The maximum absolute atomic E-state index is 12.2. The fourth-order valence-corrected chi connectivity index (χ4v) is 3.15. The monoisotopic (exact) mass is 322 g/mol. The topological polar surface area (TPSA) is 70.4 Å². The Morgan fingerprint density at radius 3 is 2.61 bits per heavy atom. The molecule has 0 saturated carbocycles. The van der Waals surface area contributed by atoms with Gasteiger partial charge in [-0.3, -0.25) is 9.69 Å². The van der Waals surface area contributed by atoms with Gasteiger partial charge in [-0.25, -0.2) is 4.98 Å². The third-order valence-corrected chi connectivity index (χ3v) is 4.43. The largest absolute Gasteiger partial charge is 0.448 e. The molecule has 6 nitrogen and oxygen atoms in total. The van der Waals surface area contributed by atoms with E-state index in [1.807, 2.05) is 0 Å². The number of carbonyl (C=O) groups is 1. The number of amides is 1. The minimum absolute atomic E-state index is 0.151. The van der Waals surface area contributed by atoms with Crippen molar-refractivity contribution >= 4 is 5.91 Å². The number of piperidine rings is 1. The Kier molecular flexibility index (Phi) is 6.59. The summed E-state index contributed by atoms with van der Waals surface area (Å²) in [4.78, 5) is 18.9. The highest BCUT2D eigenvalue weighted by Crippen LogP contribution is 2.24. The molecule has 1 aromatic rings. The summed E-state index contributed by atoms with van der Waals surface area (Å²) in [6.07, 6.45) is 3.51. The van der Waals surface area contributed by atoms with Crippen LogP contribution in [0.15, 0.2) is 10.7 Å². The van der Waals surface area contributed by atoms with Crippen molar-refractivity contribution in [1.29, 1.82) is 0 Å².